The number of ketones is 1. The highest BCUT2D eigenvalue weighted by Crippen LogP contribution is 2.41. The van der Waals surface area contributed by atoms with Crippen LogP contribution in [0, 0.1) is 5.92 Å². The van der Waals surface area contributed by atoms with E-state index < -0.39 is 6.10 Å². The standard InChI is InChI=1S/C15H18ClNO2/c1-17-11-6-7-12(17)14(13(18)8-11)15(19)9-2-4-10(16)5-3-9/h2-5,11-12,14-15,19H,6-8H2,1H3/t11-,12+,14+,15-/m1/s1. The summed E-state index contributed by atoms with van der Waals surface area (Å²) in [6.45, 7) is 0. The van der Waals surface area contributed by atoms with Crippen molar-refractivity contribution in [3.8, 4) is 0 Å². The molecule has 1 N–H and O–H groups in total. The van der Waals surface area contributed by atoms with Crippen molar-refractivity contribution in [2.45, 2.75) is 37.5 Å². The number of Topliss-reactive ketones (excluding diaryl/α,β-unsaturated/α-hetero) is 1. The van der Waals surface area contributed by atoms with Gasteiger partial charge >= 0.3 is 0 Å². The van der Waals surface area contributed by atoms with E-state index in [0.717, 1.165) is 18.4 Å². The molecule has 0 aliphatic carbocycles. The number of aliphatic hydroxyl groups excluding tert-OH is 1. The van der Waals surface area contributed by atoms with Gasteiger partial charge in [0.25, 0.3) is 0 Å². The fourth-order valence-electron chi connectivity index (χ4n) is 3.56. The molecule has 2 saturated heterocycles. The van der Waals surface area contributed by atoms with E-state index in [4.69, 9.17) is 11.6 Å². The number of hydrogen-bond acceptors (Lipinski definition) is 3. The van der Waals surface area contributed by atoms with Gasteiger partial charge in [0.1, 0.15) is 5.78 Å². The molecule has 4 atom stereocenters. The Bertz CT molecular complexity index is 487. The van der Waals surface area contributed by atoms with Gasteiger partial charge in [0.15, 0.2) is 0 Å². The zero-order chi connectivity index (χ0) is 13.6. The normalized spacial score (nSPS) is 32.6. The summed E-state index contributed by atoms with van der Waals surface area (Å²) >= 11 is 5.86. The van der Waals surface area contributed by atoms with Crippen molar-refractivity contribution < 1.29 is 9.90 Å². The summed E-state index contributed by atoms with van der Waals surface area (Å²) in [5.41, 5.74) is 0.779. The number of piperidine rings is 1. The van der Waals surface area contributed by atoms with Crippen LogP contribution in [-0.2, 0) is 4.79 Å². The summed E-state index contributed by atoms with van der Waals surface area (Å²) in [6, 6.07) is 7.69. The number of carbonyl (C=O) groups excluding carboxylic acids is 1. The van der Waals surface area contributed by atoms with Crippen LogP contribution in [0.2, 0.25) is 5.02 Å². The Balaban J connectivity index is 1.87. The number of nitrogens with zero attached hydrogens (tertiary/aromatic N) is 1. The van der Waals surface area contributed by atoms with Crippen LogP contribution in [0.3, 0.4) is 0 Å². The van der Waals surface area contributed by atoms with Gasteiger partial charge in [0, 0.05) is 23.5 Å². The maximum atomic E-state index is 12.3. The molecule has 2 aliphatic heterocycles. The van der Waals surface area contributed by atoms with Crippen LogP contribution >= 0.6 is 11.6 Å². The molecule has 2 aliphatic rings. The predicted octanol–water partition coefficient (Wildman–Crippen LogP) is 2.43. The Labute approximate surface area is 118 Å². The van der Waals surface area contributed by atoms with Crippen molar-refractivity contribution in [2.75, 3.05) is 7.05 Å². The van der Waals surface area contributed by atoms with Crippen LogP contribution in [0.1, 0.15) is 30.9 Å². The van der Waals surface area contributed by atoms with Crippen molar-refractivity contribution >= 4 is 17.4 Å². The third kappa shape index (κ3) is 2.20. The van der Waals surface area contributed by atoms with Gasteiger partial charge in [-0.1, -0.05) is 23.7 Å². The van der Waals surface area contributed by atoms with E-state index in [-0.39, 0.29) is 17.7 Å². The van der Waals surface area contributed by atoms with Gasteiger partial charge in [-0.05, 0) is 37.6 Å². The van der Waals surface area contributed by atoms with Crippen LogP contribution in [0.25, 0.3) is 0 Å². The predicted molar refractivity (Wildman–Crippen MR) is 74.1 cm³/mol. The molecular weight excluding hydrogens is 262 g/mol. The van der Waals surface area contributed by atoms with E-state index in [1.165, 1.54) is 0 Å². The smallest absolute Gasteiger partial charge is 0.142 e. The summed E-state index contributed by atoms with van der Waals surface area (Å²) in [7, 11) is 2.07. The number of aliphatic hydroxyl groups is 1. The summed E-state index contributed by atoms with van der Waals surface area (Å²) in [5.74, 6) is -0.0991. The van der Waals surface area contributed by atoms with E-state index >= 15 is 0 Å². The molecular formula is C15H18ClNO2. The van der Waals surface area contributed by atoms with E-state index in [1.807, 2.05) is 0 Å². The Hall–Kier alpha value is -0.900. The van der Waals surface area contributed by atoms with Gasteiger partial charge < -0.3 is 5.11 Å². The number of hydrogen-bond donors (Lipinski definition) is 1. The van der Waals surface area contributed by atoms with Crippen molar-refractivity contribution in [2.24, 2.45) is 5.92 Å². The summed E-state index contributed by atoms with van der Waals surface area (Å²) < 4.78 is 0. The minimum Gasteiger partial charge on any atom is -0.388 e. The molecule has 3 rings (SSSR count). The molecule has 3 nitrogen and oxygen atoms in total. The van der Waals surface area contributed by atoms with E-state index in [9.17, 15) is 9.90 Å². The van der Waals surface area contributed by atoms with Gasteiger partial charge in [-0.15, -0.1) is 0 Å². The van der Waals surface area contributed by atoms with Gasteiger partial charge in [-0.25, -0.2) is 0 Å². The average molecular weight is 280 g/mol. The monoisotopic (exact) mass is 279 g/mol. The number of benzene rings is 1. The Kier molecular flexibility index (Phi) is 3.37. The summed E-state index contributed by atoms with van der Waals surface area (Å²) in [5, 5.41) is 11.2. The largest absolute Gasteiger partial charge is 0.388 e. The lowest BCUT2D eigenvalue weighted by Crippen LogP contribution is -2.49. The molecule has 0 spiro atoms. The maximum Gasteiger partial charge on any atom is 0.142 e. The first kappa shape index (κ1) is 13.1. The zero-order valence-corrected chi connectivity index (χ0v) is 11.7. The molecule has 0 unspecified atom stereocenters. The SMILES string of the molecule is CN1[C@@H]2CC[C@H]1[C@H]([C@H](O)c1ccc(Cl)cc1)C(=O)C2. The number of halogens is 1. The minimum absolute atomic E-state index is 0.178. The number of rotatable bonds is 2. The first-order valence-electron chi connectivity index (χ1n) is 6.76. The van der Waals surface area contributed by atoms with Gasteiger partial charge in [-0.3, -0.25) is 9.69 Å². The molecule has 2 fully saturated rings. The first-order valence-corrected chi connectivity index (χ1v) is 7.14. The van der Waals surface area contributed by atoms with Crippen molar-refractivity contribution in [3.05, 3.63) is 34.9 Å². The molecule has 1 aromatic rings. The quantitative estimate of drug-likeness (QED) is 0.904. The highest BCUT2D eigenvalue weighted by atomic mass is 35.5. The summed E-state index contributed by atoms with van der Waals surface area (Å²) in [6.07, 6.45) is 1.91. The molecule has 1 aromatic carbocycles. The Morgan fingerprint density at radius 2 is 2.00 bits per heavy atom. The van der Waals surface area contributed by atoms with Crippen molar-refractivity contribution in [1.82, 2.24) is 4.90 Å². The van der Waals surface area contributed by atoms with Crippen LogP contribution in [0.5, 0.6) is 0 Å². The van der Waals surface area contributed by atoms with Crippen molar-refractivity contribution in [1.29, 1.82) is 0 Å². The molecule has 102 valence electrons. The third-order valence-electron chi connectivity index (χ3n) is 4.67. The van der Waals surface area contributed by atoms with Crippen LogP contribution in [-0.4, -0.2) is 34.9 Å². The fourth-order valence-corrected chi connectivity index (χ4v) is 3.68. The van der Waals surface area contributed by atoms with Crippen LogP contribution in [0.4, 0.5) is 0 Å². The molecule has 2 bridgehead atoms. The van der Waals surface area contributed by atoms with Crippen molar-refractivity contribution in [3.63, 3.8) is 0 Å². The first-order chi connectivity index (χ1) is 9.08. The minimum atomic E-state index is -0.726. The van der Waals surface area contributed by atoms with Gasteiger partial charge in [-0.2, -0.15) is 0 Å². The molecule has 0 radical (unpaired) electrons. The Morgan fingerprint density at radius 1 is 1.32 bits per heavy atom. The topological polar surface area (TPSA) is 40.5 Å². The zero-order valence-electron chi connectivity index (χ0n) is 10.9. The van der Waals surface area contributed by atoms with Gasteiger partial charge in [0.05, 0.1) is 12.0 Å². The lowest BCUT2D eigenvalue weighted by Gasteiger charge is -2.38. The molecule has 0 saturated carbocycles. The number of fused-ring (bicyclic) bond motifs is 2. The van der Waals surface area contributed by atoms with Gasteiger partial charge in [0.2, 0.25) is 0 Å². The Morgan fingerprint density at radius 3 is 2.68 bits per heavy atom. The lowest BCUT2D eigenvalue weighted by atomic mass is 9.82. The second-order valence-electron chi connectivity index (χ2n) is 5.66. The maximum absolute atomic E-state index is 12.3. The molecule has 19 heavy (non-hydrogen) atoms. The van der Waals surface area contributed by atoms with E-state index in [1.54, 1.807) is 24.3 Å². The molecule has 0 amide bonds. The number of carbonyl (C=O) groups is 1. The van der Waals surface area contributed by atoms with E-state index in [0.29, 0.717) is 17.5 Å². The van der Waals surface area contributed by atoms with Crippen LogP contribution < -0.4 is 0 Å². The lowest BCUT2D eigenvalue weighted by molar-refractivity contribution is -0.134. The molecule has 0 aromatic heterocycles. The highest BCUT2D eigenvalue weighted by molar-refractivity contribution is 6.30. The fraction of sp³-hybridized carbons (Fsp3) is 0.533. The second kappa shape index (κ2) is 4.89. The third-order valence-corrected chi connectivity index (χ3v) is 4.92. The molecule has 2 heterocycles. The molecule has 4 heteroatoms. The summed E-state index contributed by atoms with van der Waals surface area (Å²) in [4.78, 5) is 14.5. The van der Waals surface area contributed by atoms with Crippen LogP contribution in [0.15, 0.2) is 24.3 Å². The second-order valence-corrected chi connectivity index (χ2v) is 6.09. The van der Waals surface area contributed by atoms with E-state index in [2.05, 4.69) is 11.9 Å². The highest BCUT2D eigenvalue weighted by Gasteiger charge is 2.47. The average Bonchev–Trinajstić information content (AvgIpc) is 2.64.